The molecule has 0 spiro atoms. The Kier molecular flexibility index (Phi) is 4.04. The van der Waals surface area contributed by atoms with Crippen molar-refractivity contribution in [2.45, 2.75) is 11.6 Å². The average molecular weight is 314 g/mol. The fourth-order valence-corrected chi connectivity index (χ4v) is 2.93. The van der Waals surface area contributed by atoms with Crippen LogP contribution >= 0.6 is 0 Å². The summed E-state index contributed by atoms with van der Waals surface area (Å²) in [6.45, 7) is -0.0353. The van der Waals surface area contributed by atoms with Crippen molar-refractivity contribution in [3.63, 3.8) is 0 Å². The number of aromatic nitrogens is 2. The number of hydrogen-bond acceptors (Lipinski definition) is 4. The molecule has 0 aliphatic carbocycles. The summed E-state index contributed by atoms with van der Waals surface area (Å²) in [5, 5.41) is -0.0512. The van der Waals surface area contributed by atoms with Crippen molar-refractivity contribution in [2.75, 3.05) is 0 Å². The number of nitrogens with zero attached hydrogens (tertiary/aromatic N) is 1. The maximum Gasteiger partial charge on any atom is 0.314 e. The maximum atomic E-state index is 12.0. The van der Waals surface area contributed by atoms with Gasteiger partial charge >= 0.3 is 10.1 Å². The molecule has 1 aromatic heterocycles. The van der Waals surface area contributed by atoms with Crippen molar-refractivity contribution < 1.29 is 12.6 Å². The van der Waals surface area contributed by atoms with Gasteiger partial charge in [-0.1, -0.05) is 54.6 Å². The van der Waals surface area contributed by atoms with Gasteiger partial charge in [-0.3, -0.25) is 4.18 Å². The summed E-state index contributed by atoms with van der Waals surface area (Å²) in [4.78, 5) is 6.23. The first kappa shape index (κ1) is 14.5. The van der Waals surface area contributed by atoms with Crippen molar-refractivity contribution in [3.05, 3.63) is 72.7 Å². The number of imidazole rings is 1. The van der Waals surface area contributed by atoms with Crippen LogP contribution in [-0.4, -0.2) is 18.4 Å². The molecule has 3 rings (SSSR count). The predicted octanol–water partition coefficient (Wildman–Crippen LogP) is 2.98. The first-order valence-electron chi connectivity index (χ1n) is 6.68. The standard InChI is InChI=1S/C16H14N2O3S/c19-22(20,16-10-17-12-18-16)21-11-14-8-4-5-9-15(14)13-6-2-1-3-7-13/h1-10,12H,11H2,(H,17,18). The largest absolute Gasteiger partial charge is 0.334 e. The van der Waals surface area contributed by atoms with Gasteiger partial charge in [0.25, 0.3) is 0 Å². The number of nitrogens with one attached hydrogen (secondary N) is 1. The second-order valence-corrected chi connectivity index (χ2v) is 6.24. The molecule has 0 fully saturated rings. The van der Waals surface area contributed by atoms with E-state index in [1.807, 2.05) is 54.6 Å². The number of rotatable bonds is 5. The first-order chi connectivity index (χ1) is 10.7. The Labute approximate surface area is 128 Å². The van der Waals surface area contributed by atoms with Crippen LogP contribution in [-0.2, 0) is 20.9 Å². The van der Waals surface area contributed by atoms with E-state index >= 15 is 0 Å². The van der Waals surface area contributed by atoms with Crippen molar-refractivity contribution in [1.82, 2.24) is 9.97 Å². The van der Waals surface area contributed by atoms with Crippen LogP contribution in [0, 0.1) is 0 Å². The van der Waals surface area contributed by atoms with E-state index in [0.29, 0.717) is 0 Å². The monoisotopic (exact) mass is 314 g/mol. The highest BCUT2D eigenvalue weighted by Crippen LogP contribution is 2.24. The summed E-state index contributed by atoms with van der Waals surface area (Å²) in [5.41, 5.74) is 2.76. The van der Waals surface area contributed by atoms with Gasteiger partial charge in [0.15, 0.2) is 5.03 Å². The molecule has 22 heavy (non-hydrogen) atoms. The fourth-order valence-electron chi connectivity index (χ4n) is 2.13. The number of benzene rings is 2. The van der Waals surface area contributed by atoms with E-state index in [9.17, 15) is 8.42 Å². The Balaban J connectivity index is 1.85. The normalized spacial score (nSPS) is 11.5. The van der Waals surface area contributed by atoms with Crippen LogP contribution in [0.25, 0.3) is 11.1 Å². The van der Waals surface area contributed by atoms with Crippen molar-refractivity contribution in [2.24, 2.45) is 0 Å². The Morgan fingerprint density at radius 2 is 1.73 bits per heavy atom. The average Bonchev–Trinajstić information content (AvgIpc) is 3.10. The van der Waals surface area contributed by atoms with Crippen LogP contribution in [0.1, 0.15) is 5.56 Å². The zero-order valence-electron chi connectivity index (χ0n) is 11.6. The molecule has 0 atom stereocenters. The summed E-state index contributed by atoms with van der Waals surface area (Å²) < 4.78 is 29.2. The van der Waals surface area contributed by atoms with Gasteiger partial charge in [-0.15, -0.1) is 0 Å². The van der Waals surface area contributed by atoms with Gasteiger partial charge in [0, 0.05) is 0 Å². The molecular weight excluding hydrogens is 300 g/mol. The molecule has 2 aromatic carbocycles. The summed E-state index contributed by atoms with van der Waals surface area (Å²) in [6, 6.07) is 17.3. The lowest BCUT2D eigenvalue weighted by Gasteiger charge is -2.10. The van der Waals surface area contributed by atoms with Gasteiger partial charge in [0.05, 0.1) is 19.1 Å². The van der Waals surface area contributed by atoms with Crippen LogP contribution in [0.4, 0.5) is 0 Å². The third kappa shape index (κ3) is 3.08. The molecule has 112 valence electrons. The first-order valence-corrected chi connectivity index (χ1v) is 8.09. The number of aromatic amines is 1. The lowest BCUT2D eigenvalue weighted by atomic mass is 10.0. The molecule has 1 N–H and O–H groups in total. The molecule has 6 heteroatoms. The zero-order chi connectivity index (χ0) is 15.4. The van der Waals surface area contributed by atoms with E-state index in [1.54, 1.807) is 0 Å². The van der Waals surface area contributed by atoms with E-state index in [2.05, 4.69) is 9.97 Å². The minimum Gasteiger partial charge on any atom is -0.334 e. The van der Waals surface area contributed by atoms with Crippen LogP contribution < -0.4 is 0 Å². The molecular formula is C16H14N2O3S. The molecule has 3 aromatic rings. The predicted molar refractivity (Wildman–Crippen MR) is 82.4 cm³/mol. The number of H-pyrrole nitrogens is 1. The SMILES string of the molecule is O=S(=O)(OCc1ccccc1-c1ccccc1)c1cnc[nH]1. The Bertz CT molecular complexity index is 844. The molecule has 0 bridgehead atoms. The van der Waals surface area contributed by atoms with E-state index in [1.165, 1.54) is 12.5 Å². The Morgan fingerprint density at radius 3 is 2.45 bits per heavy atom. The van der Waals surface area contributed by atoms with Crippen molar-refractivity contribution in [1.29, 1.82) is 0 Å². The minimum atomic E-state index is -3.83. The second kappa shape index (κ2) is 6.13. The van der Waals surface area contributed by atoms with Gasteiger partial charge < -0.3 is 4.98 Å². The quantitative estimate of drug-likeness (QED) is 0.735. The van der Waals surface area contributed by atoms with Gasteiger partial charge in [0.1, 0.15) is 0 Å². The molecule has 0 unspecified atom stereocenters. The second-order valence-electron chi connectivity index (χ2n) is 4.66. The summed E-state index contributed by atoms with van der Waals surface area (Å²) in [5.74, 6) is 0. The van der Waals surface area contributed by atoms with Gasteiger partial charge in [0.2, 0.25) is 0 Å². The van der Waals surface area contributed by atoms with Gasteiger partial charge in [-0.05, 0) is 16.7 Å². The third-order valence-electron chi connectivity index (χ3n) is 3.21. The van der Waals surface area contributed by atoms with Crippen LogP contribution in [0.2, 0.25) is 0 Å². The highest BCUT2D eigenvalue weighted by molar-refractivity contribution is 7.86. The topological polar surface area (TPSA) is 72.1 Å². The highest BCUT2D eigenvalue weighted by atomic mass is 32.2. The molecule has 0 amide bonds. The summed E-state index contributed by atoms with van der Waals surface area (Å²) in [6.07, 6.45) is 2.52. The fraction of sp³-hybridized carbons (Fsp3) is 0.0625. The molecule has 0 radical (unpaired) electrons. The molecule has 5 nitrogen and oxygen atoms in total. The van der Waals surface area contributed by atoms with E-state index in [0.717, 1.165) is 16.7 Å². The Morgan fingerprint density at radius 1 is 1.00 bits per heavy atom. The van der Waals surface area contributed by atoms with Crippen LogP contribution in [0.5, 0.6) is 0 Å². The Hall–Kier alpha value is -2.44. The zero-order valence-corrected chi connectivity index (χ0v) is 12.5. The maximum absolute atomic E-state index is 12.0. The smallest absolute Gasteiger partial charge is 0.314 e. The van der Waals surface area contributed by atoms with Crippen molar-refractivity contribution >= 4 is 10.1 Å². The molecule has 1 heterocycles. The molecule has 0 saturated heterocycles. The number of hydrogen-bond donors (Lipinski definition) is 1. The molecule has 0 aliphatic rings. The van der Waals surface area contributed by atoms with E-state index < -0.39 is 10.1 Å². The van der Waals surface area contributed by atoms with E-state index in [-0.39, 0.29) is 11.6 Å². The highest BCUT2D eigenvalue weighted by Gasteiger charge is 2.17. The minimum absolute atomic E-state index is 0.0353. The summed E-state index contributed by atoms with van der Waals surface area (Å²) in [7, 11) is -3.83. The van der Waals surface area contributed by atoms with Crippen molar-refractivity contribution in [3.8, 4) is 11.1 Å². The summed E-state index contributed by atoms with van der Waals surface area (Å²) >= 11 is 0. The van der Waals surface area contributed by atoms with Crippen LogP contribution in [0.15, 0.2) is 72.1 Å². The molecule has 0 aliphatic heterocycles. The van der Waals surface area contributed by atoms with E-state index in [4.69, 9.17) is 4.18 Å². The lowest BCUT2D eigenvalue weighted by molar-refractivity contribution is 0.307. The third-order valence-corrected chi connectivity index (χ3v) is 4.40. The molecule has 0 saturated carbocycles. The van der Waals surface area contributed by atoms with Gasteiger partial charge in [-0.2, -0.15) is 8.42 Å². The lowest BCUT2D eigenvalue weighted by Crippen LogP contribution is -2.07. The van der Waals surface area contributed by atoms with Gasteiger partial charge in [-0.25, -0.2) is 4.98 Å². The van der Waals surface area contributed by atoms with Crippen LogP contribution in [0.3, 0.4) is 0 Å².